The normalized spacial score (nSPS) is 35.4. The van der Waals surface area contributed by atoms with Gasteiger partial charge in [-0.2, -0.15) is 0 Å². The van der Waals surface area contributed by atoms with Crippen molar-refractivity contribution in [3.05, 3.63) is 10.6 Å². The summed E-state index contributed by atoms with van der Waals surface area (Å²) in [4.78, 5) is 25.3. The minimum absolute atomic E-state index is 0.0452. The lowest BCUT2D eigenvalue weighted by Crippen LogP contribution is -2.60. The van der Waals surface area contributed by atoms with Crippen molar-refractivity contribution < 1.29 is 24.5 Å². The van der Waals surface area contributed by atoms with Gasteiger partial charge in [0.15, 0.2) is 0 Å². The largest absolute Gasteiger partial charge is 0.477 e. The quantitative estimate of drug-likeness (QED) is 0.729. The zero-order valence-electron chi connectivity index (χ0n) is 10.4. The van der Waals surface area contributed by atoms with Gasteiger partial charge in [-0.3, -0.25) is 9.69 Å². The van der Waals surface area contributed by atoms with Crippen molar-refractivity contribution in [3.8, 4) is 0 Å². The number of thioether (sulfide) groups is 1. The number of carboxylic acids is 1. The number of hydrogen-bond donors (Lipinski definition) is 2. The number of carboxylic acid groups (broad SMARTS) is 1. The Hall–Kier alpha value is -1.05. The van der Waals surface area contributed by atoms with Gasteiger partial charge in [-0.25, -0.2) is 4.79 Å². The van der Waals surface area contributed by atoms with E-state index in [2.05, 4.69) is 0 Å². The van der Waals surface area contributed by atoms with Gasteiger partial charge in [0.1, 0.15) is 11.1 Å². The highest BCUT2D eigenvalue weighted by atomic mass is 32.2. The molecule has 2 saturated heterocycles. The third kappa shape index (κ3) is 1.79. The lowest BCUT2D eigenvalue weighted by molar-refractivity contribution is -0.156. The molecule has 0 bridgehead atoms. The van der Waals surface area contributed by atoms with E-state index in [4.69, 9.17) is 4.74 Å². The Bertz CT molecular complexity index is 469. The molecule has 0 aromatic carbocycles. The van der Waals surface area contributed by atoms with Gasteiger partial charge in [0.2, 0.25) is 5.91 Å². The fourth-order valence-electron chi connectivity index (χ4n) is 2.82. The van der Waals surface area contributed by atoms with Gasteiger partial charge in [0.25, 0.3) is 0 Å². The first kappa shape index (κ1) is 13.0. The van der Waals surface area contributed by atoms with E-state index in [1.54, 1.807) is 6.92 Å². The molecule has 2 fully saturated rings. The number of rotatable bonds is 3. The Labute approximate surface area is 114 Å². The number of nitrogens with zero attached hydrogens (tertiary/aromatic N) is 1. The monoisotopic (exact) mass is 285 g/mol. The minimum Gasteiger partial charge on any atom is -0.477 e. The van der Waals surface area contributed by atoms with Crippen LogP contribution in [-0.4, -0.2) is 51.2 Å². The number of amides is 1. The number of β-lactam (4-membered cyclic amide) rings is 1. The van der Waals surface area contributed by atoms with E-state index in [-0.39, 0.29) is 23.1 Å². The summed E-state index contributed by atoms with van der Waals surface area (Å²) >= 11 is 1.35. The van der Waals surface area contributed by atoms with E-state index >= 15 is 0 Å². The van der Waals surface area contributed by atoms with E-state index in [0.717, 1.165) is 12.8 Å². The highest BCUT2D eigenvalue weighted by Gasteiger charge is 2.58. The lowest BCUT2D eigenvalue weighted by atomic mass is 9.92. The first-order valence-corrected chi connectivity index (χ1v) is 7.17. The van der Waals surface area contributed by atoms with Crippen LogP contribution in [0.4, 0.5) is 0 Å². The Balaban J connectivity index is 1.91. The third-order valence-corrected chi connectivity index (χ3v) is 5.21. The summed E-state index contributed by atoms with van der Waals surface area (Å²) in [6.45, 7) is 2.19. The summed E-state index contributed by atoms with van der Waals surface area (Å²) in [6.07, 6.45) is 0.706. The summed E-state index contributed by atoms with van der Waals surface area (Å²) in [5.74, 6) is -1.92. The van der Waals surface area contributed by atoms with E-state index in [0.29, 0.717) is 11.5 Å². The van der Waals surface area contributed by atoms with Crippen LogP contribution in [0.5, 0.6) is 0 Å². The summed E-state index contributed by atoms with van der Waals surface area (Å²) < 4.78 is 5.53. The Morgan fingerprint density at radius 2 is 2.32 bits per heavy atom. The molecule has 104 valence electrons. The van der Waals surface area contributed by atoms with Gasteiger partial charge in [-0.05, 0) is 19.8 Å². The zero-order chi connectivity index (χ0) is 13.7. The Kier molecular flexibility index (Phi) is 3.07. The minimum atomic E-state index is -1.10. The smallest absolute Gasteiger partial charge is 0.353 e. The Morgan fingerprint density at radius 3 is 2.84 bits per heavy atom. The highest BCUT2D eigenvalue weighted by Crippen LogP contribution is 2.52. The SMILES string of the molecule is C[C@@H](O)[C@@H]1C(=O)N2C(C(=O)O)=C([C@H]3CCCO3)SC12. The van der Waals surface area contributed by atoms with E-state index in [9.17, 15) is 19.8 Å². The van der Waals surface area contributed by atoms with Crippen molar-refractivity contribution >= 4 is 23.6 Å². The number of ether oxygens (including phenoxy) is 1. The highest BCUT2D eigenvalue weighted by molar-refractivity contribution is 8.04. The second-order valence-electron chi connectivity index (χ2n) is 5.00. The topological polar surface area (TPSA) is 87.1 Å². The lowest BCUT2D eigenvalue weighted by Gasteiger charge is -2.43. The molecule has 7 heteroatoms. The van der Waals surface area contributed by atoms with Gasteiger partial charge in [-0.15, -0.1) is 0 Å². The number of fused-ring (bicyclic) bond motifs is 1. The second-order valence-corrected chi connectivity index (χ2v) is 6.16. The van der Waals surface area contributed by atoms with Gasteiger partial charge >= 0.3 is 5.97 Å². The molecule has 3 aliphatic rings. The second kappa shape index (κ2) is 4.50. The van der Waals surface area contributed by atoms with Crippen molar-refractivity contribution in [1.82, 2.24) is 4.90 Å². The average molecular weight is 285 g/mol. The molecule has 3 heterocycles. The number of carbonyl (C=O) groups is 2. The van der Waals surface area contributed by atoms with E-state index < -0.39 is 18.0 Å². The molecule has 3 aliphatic heterocycles. The summed E-state index contributed by atoms with van der Waals surface area (Å²) in [6, 6.07) is 0. The molecule has 0 saturated carbocycles. The molecule has 19 heavy (non-hydrogen) atoms. The molecule has 0 spiro atoms. The molecule has 0 radical (unpaired) electrons. The zero-order valence-corrected chi connectivity index (χ0v) is 11.2. The number of carbonyl (C=O) groups excluding carboxylic acids is 1. The molecule has 0 aromatic heterocycles. The Morgan fingerprint density at radius 1 is 1.58 bits per heavy atom. The van der Waals surface area contributed by atoms with Crippen molar-refractivity contribution in [2.75, 3.05) is 6.61 Å². The molecule has 4 atom stereocenters. The van der Waals surface area contributed by atoms with Crippen LogP contribution < -0.4 is 0 Å². The van der Waals surface area contributed by atoms with Crippen LogP contribution in [0.2, 0.25) is 0 Å². The van der Waals surface area contributed by atoms with Crippen LogP contribution in [0.25, 0.3) is 0 Å². The molecule has 2 N–H and O–H groups in total. The van der Waals surface area contributed by atoms with Crippen LogP contribution >= 0.6 is 11.8 Å². The maximum absolute atomic E-state index is 12.0. The van der Waals surface area contributed by atoms with Gasteiger partial charge < -0.3 is 14.9 Å². The van der Waals surface area contributed by atoms with Crippen molar-refractivity contribution in [3.63, 3.8) is 0 Å². The fourth-order valence-corrected chi connectivity index (χ4v) is 4.52. The van der Waals surface area contributed by atoms with Crippen LogP contribution in [0, 0.1) is 5.92 Å². The number of hydrogen-bond acceptors (Lipinski definition) is 5. The van der Waals surface area contributed by atoms with Crippen LogP contribution in [0.1, 0.15) is 19.8 Å². The molecule has 6 nitrogen and oxygen atoms in total. The van der Waals surface area contributed by atoms with Crippen LogP contribution in [0.3, 0.4) is 0 Å². The molecule has 0 aliphatic carbocycles. The van der Waals surface area contributed by atoms with E-state index in [1.807, 2.05) is 0 Å². The molecule has 1 unspecified atom stereocenters. The third-order valence-electron chi connectivity index (χ3n) is 3.75. The number of aliphatic hydroxyl groups is 1. The van der Waals surface area contributed by atoms with E-state index in [1.165, 1.54) is 16.7 Å². The van der Waals surface area contributed by atoms with Crippen molar-refractivity contribution in [1.29, 1.82) is 0 Å². The van der Waals surface area contributed by atoms with Gasteiger partial charge in [0, 0.05) is 11.5 Å². The maximum Gasteiger partial charge on any atom is 0.353 e. The molecule has 1 amide bonds. The number of aliphatic hydroxyl groups excluding tert-OH is 1. The summed E-state index contributed by atoms with van der Waals surface area (Å²) in [5, 5.41) is 18.6. The first-order valence-electron chi connectivity index (χ1n) is 6.29. The maximum atomic E-state index is 12.0. The fraction of sp³-hybridized carbons (Fsp3) is 0.667. The van der Waals surface area contributed by atoms with Crippen LogP contribution in [0.15, 0.2) is 10.6 Å². The molecule has 3 rings (SSSR count). The van der Waals surface area contributed by atoms with Gasteiger partial charge in [0.05, 0.1) is 18.1 Å². The standard InChI is InChI=1S/C12H15NO5S/c1-5(14)7-10(15)13-8(12(16)17)9(19-11(7)13)6-3-2-4-18-6/h5-7,11,14H,2-4H2,1H3,(H,16,17)/t5-,6-,7-,11?/m1/s1. The molecule has 0 aromatic rings. The van der Waals surface area contributed by atoms with Crippen molar-refractivity contribution in [2.45, 2.75) is 37.3 Å². The molecular formula is C12H15NO5S. The first-order chi connectivity index (χ1) is 9.02. The van der Waals surface area contributed by atoms with Crippen LogP contribution in [-0.2, 0) is 14.3 Å². The summed E-state index contributed by atoms with van der Waals surface area (Å²) in [5.41, 5.74) is 0.0452. The predicted molar refractivity (Wildman–Crippen MR) is 67.0 cm³/mol. The number of aliphatic carboxylic acids is 1. The van der Waals surface area contributed by atoms with Crippen molar-refractivity contribution in [2.24, 2.45) is 5.92 Å². The molecular weight excluding hydrogens is 270 g/mol. The average Bonchev–Trinajstić information content (AvgIpc) is 2.92. The predicted octanol–water partition coefficient (Wildman–Crippen LogP) is 0.374. The summed E-state index contributed by atoms with van der Waals surface area (Å²) in [7, 11) is 0. The van der Waals surface area contributed by atoms with Gasteiger partial charge in [-0.1, -0.05) is 11.8 Å².